The van der Waals surface area contributed by atoms with Crippen LogP contribution in [0.4, 0.5) is 0 Å². The summed E-state index contributed by atoms with van der Waals surface area (Å²) in [4.78, 5) is 23.9. The Morgan fingerprint density at radius 2 is 1.96 bits per heavy atom. The maximum Gasteiger partial charge on any atom is 0.330 e. The first-order valence-electron chi connectivity index (χ1n) is 7.67. The van der Waals surface area contributed by atoms with Gasteiger partial charge in [0.1, 0.15) is 11.3 Å². The minimum absolute atomic E-state index is 0.195. The Balaban J connectivity index is 2.00. The lowest BCUT2D eigenvalue weighted by Gasteiger charge is -2.58. The fourth-order valence-electron chi connectivity index (χ4n) is 2.98. The highest BCUT2D eigenvalue weighted by Crippen LogP contribution is 2.51. The minimum Gasteiger partial charge on any atom is -0.484 e. The van der Waals surface area contributed by atoms with E-state index in [4.69, 9.17) is 9.47 Å². The van der Waals surface area contributed by atoms with Gasteiger partial charge in [-0.25, -0.2) is 4.79 Å². The topological polar surface area (TPSA) is 84.9 Å². The summed E-state index contributed by atoms with van der Waals surface area (Å²) in [5, 5.41) is 12.3. The number of hydrogen-bond donors (Lipinski definition) is 2. The van der Waals surface area contributed by atoms with Gasteiger partial charge in [-0.2, -0.15) is 0 Å². The smallest absolute Gasteiger partial charge is 0.330 e. The van der Waals surface area contributed by atoms with Crippen LogP contribution in [0.2, 0.25) is 0 Å². The van der Waals surface area contributed by atoms with Crippen molar-refractivity contribution in [3.8, 4) is 5.75 Å². The number of benzene rings is 1. The molecular weight excluding hydrogens is 298 g/mol. The van der Waals surface area contributed by atoms with Gasteiger partial charge in [0, 0.05) is 18.4 Å². The SMILES string of the molecule is CCOC1CC(NC(=O)COc2ccccc2)(C(=O)O)C1(C)C. The van der Waals surface area contributed by atoms with Crippen LogP contribution in [-0.4, -0.2) is 41.8 Å². The Labute approximate surface area is 135 Å². The summed E-state index contributed by atoms with van der Waals surface area (Å²) in [5.74, 6) is -0.946. The van der Waals surface area contributed by atoms with Gasteiger partial charge in [-0.3, -0.25) is 4.79 Å². The fraction of sp³-hybridized carbons (Fsp3) is 0.529. The summed E-state index contributed by atoms with van der Waals surface area (Å²) in [6.45, 7) is 5.74. The lowest BCUT2D eigenvalue weighted by molar-refractivity contribution is -0.194. The quantitative estimate of drug-likeness (QED) is 0.800. The Bertz CT molecular complexity index is 572. The van der Waals surface area contributed by atoms with Gasteiger partial charge < -0.3 is 19.9 Å². The van der Waals surface area contributed by atoms with Gasteiger partial charge >= 0.3 is 5.97 Å². The van der Waals surface area contributed by atoms with Crippen molar-refractivity contribution < 1.29 is 24.2 Å². The van der Waals surface area contributed by atoms with Crippen molar-refractivity contribution in [2.75, 3.05) is 13.2 Å². The van der Waals surface area contributed by atoms with Gasteiger partial charge in [-0.05, 0) is 19.1 Å². The molecule has 1 fully saturated rings. The molecule has 2 unspecified atom stereocenters. The van der Waals surface area contributed by atoms with E-state index in [2.05, 4.69) is 5.32 Å². The molecule has 1 aromatic carbocycles. The molecule has 1 saturated carbocycles. The average Bonchev–Trinajstić information content (AvgIpc) is 2.52. The van der Waals surface area contributed by atoms with Gasteiger partial charge in [-0.15, -0.1) is 0 Å². The molecule has 1 amide bonds. The number of para-hydroxylation sites is 1. The number of carbonyl (C=O) groups is 2. The van der Waals surface area contributed by atoms with E-state index in [9.17, 15) is 14.7 Å². The second kappa shape index (κ2) is 6.58. The van der Waals surface area contributed by atoms with Crippen molar-refractivity contribution in [1.82, 2.24) is 5.32 Å². The predicted molar refractivity (Wildman–Crippen MR) is 84.3 cm³/mol. The van der Waals surface area contributed by atoms with Crippen molar-refractivity contribution in [2.45, 2.75) is 38.8 Å². The van der Waals surface area contributed by atoms with Crippen LogP contribution in [0.5, 0.6) is 5.75 Å². The Morgan fingerprint density at radius 1 is 1.30 bits per heavy atom. The lowest BCUT2D eigenvalue weighted by Crippen LogP contribution is -2.76. The van der Waals surface area contributed by atoms with Crippen molar-refractivity contribution in [2.24, 2.45) is 5.41 Å². The van der Waals surface area contributed by atoms with Crippen LogP contribution in [0.3, 0.4) is 0 Å². The van der Waals surface area contributed by atoms with Gasteiger partial charge in [0.15, 0.2) is 6.61 Å². The highest BCUT2D eigenvalue weighted by molar-refractivity contribution is 5.90. The summed E-state index contributed by atoms with van der Waals surface area (Å²) in [6.07, 6.45) is 0.0548. The van der Waals surface area contributed by atoms with Crippen LogP contribution >= 0.6 is 0 Å². The Kier molecular flexibility index (Phi) is 4.94. The van der Waals surface area contributed by atoms with Crippen LogP contribution in [0, 0.1) is 5.41 Å². The van der Waals surface area contributed by atoms with Crippen LogP contribution in [0.25, 0.3) is 0 Å². The van der Waals surface area contributed by atoms with Crippen molar-refractivity contribution in [3.63, 3.8) is 0 Å². The Hall–Kier alpha value is -2.08. The molecule has 2 rings (SSSR count). The van der Waals surface area contributed by atoms with E-state index < -0.39 is 22.8 Å². The zero-order valence-electron chi connectivity index (χ0n) is 13.7. The molecule has 1 aliphatic rings. The van der Waals surface area contributed by atoms with Crippen molar-refractivity contribution in [3.05, 3.63) is 30.3 Å². The molecule has 1 aromatic rings. The number of carboxylic acid groups (broad SMARTS) is 1. The van der Waals surface area contributed by atoms with Crippen LogP contribution in [-0.2, 0) is 14.3 Å². The van der Waals surface area contributed by atoms with Gasteiger partial charge in [0.25, 0.3) is 5.91 Å². The van der Waals surface area contributed by atoms with Crippen molar-refractivity contribution >= 4 is 11.9 Å². The number of carboxylic acids is 1. The number of amides is 1. The Morgan fingerprint density at radius 3 is 2.48 bits per heavy atom. The van der Waals surface area contributed by atoms with Gasteiger partial charge in [0.05, 0.1) is 6.10 Å². The van der Waals surface area contributed by atoms with E-state index in [0.29, 0.717) is 12.4 Å². The molecule has 2 atom stereocenters. The summed E-state index contributed by atoms with van der Waals surface area (Å²) in [5.41, 5.74) is -2.03. The van der Waals surface area contributed by atoms with E-state index in [-0.39, 0.29) is 19.1 Å². The summed E-state index contributed by atoms with van der Waals surface area (Å²) < 4.78 is 10.9. The molecule has 0 radical (unpaired) electrons. The maximum atomic E-state index is 12.1. The molecular formula is C17H23NO5. The first kappa shape index (κ1) is 17.3. The third kappa shape index (κ3) is 3.17. The molecule has 2 N–H and O–H groups in total. The molecule has 0 heterocycles. The number of nitrogens with one attached hydrogen (secondary N) is 1. The number of aliphatic carboxylic acids is 1. The number of carbonyl (C=O) groups excluding carboxylic acids is 1. The first-order valence-corrected chi connectivity index (χ1v) is 7.67. The zero-order chi connectivity index (χ0) is 17.1. The molecule has 0 saturated heterocycles. The predicted octanol–water partition coefficient (Wildman–Crippen LogP) is 1.84. The lowest BCUT2D eigenvalue weighted by atomic mass is 9.54. The van der Waals surface area contributed by atoms with E-state index in [1.165, 1.54) is 0 Å². The average molecular weight is 321 g/mol. The highest BCUT2D eigenvalue weighted by atomic mass is 16.5. The number of rotatable bonds is 7. The largest absolute Gasteiger partial charge is 0.484 e. The third-order valence-corrected chi connectivity index (χ3v) is 4.60. The summed E-state index contributed by atoms with van der Waals surface area (Å²) in [6, 6.07) is 8.91. The molecule has 6 nitrogen and oxygen atoms in total. The van der Waals surface area contributed by atoms with E-state index in [1.807, 2.05) is 13.0 Å². The van der Waals surface area contributed by atoms with Crippen LogP contribution in [0.1, 0.15) is 27.2 Å². The molecule has 0 aromatic heterocycles. The van der Waals surface area contributed by atoms with Crippen LogP contribution < -0.4 is 10.1 Å². The second-order valence-corrected chi connectivity index (χ2v) is 6.23. The highest BCUT2D eigenvalue weighted by Gasteiger charge is 2.66. The molecule has 1 aliphatic carbocycles. The van der Waals surface area contributed by atoms with Gasteiger partial charge in [0.2, 0.25) is 0 Å². The van der Waals surface area contributed by atoms with Crippen LogP contribution in [0.15, 0.2) is 30.3 Å². The standard InChI is InChI=1S/C17H23NO5/c1-4-22-13-10-17(15(20)21,16(13,2)3)18-14(19)11-23-12-8-6-5-7-9-12/h5-9,13H,4,10-11H2,1-3H3,(H,18,19)(H,20,21). The normalized spacial score (nSPS) is 25.3. The molecule has 0 aliphatic heterocycles. The second-order valence-electron chi connectivity index (χ2n) is 6.23. The molecule has 6 heteroatoms. The van der Waals surface area contributed by atoms with E-state index in [1.54, 1.807) is 38.1 Å². The molecule has 0 bridgehead atoms. The first-order chi connectivity index (χ1) is 10.8. The molecule has 0 spiro atoms. The van der Waals surface area contributed by atoms with Gasteiger partial charge in [-0.1, -0.05) is 32.0 Å². The fourth-order valence-corrected chi connectivity index (χ4v) is 2.98. The van der Waals surface area contributed by atoms with E-state index >= 15 is 0 Å². The number of ether oxygens (including phenoxy) is 2. The van der Waals surface area contributed by atoms with E-state index in [0.717, 1.165) is 0 Å². The van der Waals surface area contributed by atoms with Crippen molar-refractivity contribution in [1.29, 1.82) is 0 Å². The zero-order valence-corrected chi connectivity index (χ0v) is 13.7. The number of hydrogen-bond acceptors (Lipinski definition) is 4. The monoisotopic (exact) mass is 321 g/mol. The maximum absolute atomic E-state index is 12.1. The minimum atomic E-state index is -1.33. The summed E-state index contributed by atoms with van der Waals surface area (Å²) >= 11 is 0. The molecule has 126 valence electrons. The summed E-state index contributed by atoms with van der Waals surface area (Å²) in [7, 11) is 0. The third-order valence-electron chi connectivity index (χ3n) is 4.60. The molecule has 23 heavy (non-hydrogen) atoms.